The summed E-state index contributed by atoms with van der Waals surface area (Å²) >= 11 is 1.27. The Bertz CT molecular complexity index is 1060. The maximum absolute atomic E-state index is 13.2. The zero-order chi connectivity index (χ0) is 20.4. The predicted molar refractivity (Wildman–Crippen MR) is 109 cm³/mol. The van der Waals surface area contributed by atoms with Crippen LogP contribution in [0.4, 0.5) is 4.39 Å². The third-order valence-corrected chi connectivity index (χ3v) is 5.83. The van der Waals surface area contributed by atoms with E-state index < -0.39 is 17.7 Å². The number of nitrogens with zero attached hydrogens (tertiary/aromatic N) is 1. The lowest BCUT2D eigenvalue weighted by molar-refractivity contribution is -0.129. The summed E-state index contributed by atoms with van der Waals surface area (Å²) in [5.41, 5.74) is 1.72. The van der Waals surface area contributed by atoms with Gasteiger partial charge in [-0.3, -0.25) is 9.59 Å². The fourth-order valence-electron chi connectivity index (χ4n) is 3.54. The second kappa shape index (κ2) is 8.01. The highest BCUT2D eigenvalue weighted by Gasteiger charge is 2.43. The van der Waals surface area contributed by atoms with Gasteiger partial charge in [0.15, 0.2) is 5.76 Å². The molecular formula is C23H18FNO3S. The predicted octanol–water partition coefficient (Wildman–Crippen LogP) is 4.71. The van der Waals surface area contributed by atoms with Crippen molar-refractivity contribution in [2.75, 3.05) is 6.54 Å². The van der Waals surface area contributed by atoms with E-state index in [2.05, 4.69) is 0 Å². The minimum Gasteiger partial charge on any atom is -0.503 e. The Morgan fingerprint density at radius 3 is 2.41 bits per heavy atom. The molecule has 1 unspecified atom stereocenters. The second-order valence-corrected chi connectivity index (χ2v) is 7.70. The summed E-state index contributed by atoms with van der Waals surface area (Å²) in [7, 11) is 0. The monoisotopic (exact) mass is 407 g/mol. The first kappa shape index (κ1) is 19.1. The summed E-state index contributed by atoms with van der Waals surface area (Å²) in [6, 6.07) is 18.0. The lowest BCUT2D eigenvalue weighted by Gasteiger charge is -2.26. The molecule has 0 radical (unpaired) electrons. The van der Waals surface area contributed by atoms with Crippen molar-refractivity contribution in [3.05, 3.63) is 105 Å². The average molecular weight is 407 g/mol. The summed E-state index contributed by atoms with van der Waals surface area (Å²) in [6.45, 7) is 0.287. The Balaban J connectivity index is 1.68. The van der Waals surface area contributed by atoms with Crippen LogP contribution in [0.2, 0.25) is 0 Å². The number of hydrogen-bond acceptors (Lipinski definition) is 4. The van der Waals surface area contributed by atoms with Gasteiger partial charge in [0.2, 0.25) is 5.78 Å². The number of Topliss-reactive ketones (excluding diaryl/α,β-unsaturated/α-hetero) is 1. The van der Waals surface area contributed by atoms with Gasteiger partial charge in [-0.1, -0.05) is 48.5 Å². The lowest BCUT2D eigenvalue weighted by Crippen LogP contribution is -2.33. The van der Waals surface area contributed by atoms with E-state index in [4.69, 9.17) is 0 Å². The molecule has 29 heavy (non-hydrogen) atoms. The number of halogens is 1. The molecule has 0 aliphatic carbocycles. The van der Waals surface area contributed by atoms with Crippen LogP contribution < -0.4 is 0 Å². The molecule has 146 valence electrons. The molecular weight excluding hydrogens is 389 g/mol. The molecule has 1 N–H and O–H groups in total. The first-order chi connectivity index (χ1) is 14.1. The molecule has 0 fully saturated rings. The number of thiophene rings is 1. The molecule has 6 heteroatoms. The van der Waals surface area contributed by atoms with Crippen LogP contribution >= 0.6 is 11.3 Å². The second-order valence-electron chi connectivity index (χ2n) is 6.76. The highest BCUT2D eigenvalue weighted by atomic mass is 32.1. The molecule has 1 aliphatic heterocycles. The van der Waals surface area contributed by atoms with Crippen LogP contribution in [0.1, 0.15) is 26.8 Å². The number of aliphatic hydroxyl groups is 1. The molecule has 0 saturated heterocycles. The Morgan fingerprint density at radius 2 is 1.76 bits per heavy atom. The molecule has 0 spiro atoms. The van der Waals surface area contributed by atoms with Crippen molar-refractivity contribution in [2.24, 2.45) is 0 Å². The number of carbonyl (C=O) groups excluding carboxylic acids is 2. The summed E-state index contributed by atoms with van der Waals surface area (Å²) in [6.07, 6.45) is 0.475. The Hall–Kier alpha value is -3.25. The van der Waals surface area contributed by atoms with Crippen molar-refractivity contribution < 1.29 is 19.1 Å². The standard InChI is InChI=1S/C23H18FNO3S/c24-17-10-8-15(9-11-17)12-13-25-20(16-5-2-1-3-6-16)19(22(27)23(25)28)21(26)18-7-4-14-29-18/h1-11,14,20,27H,12-13H2. The van der Waals surface area contributed by atoms with Crippen LogP contribution in [-0.4, -0.2) is 28.2 Å². The number of rotatable bonds is 6. The maximum atomic E-state index is 13.2. The van der Waals surface area contributed by atoms with Gasteiger partial charge in [-0.15, -0.1) is 11.3 Å². The first-order valence-electron chi connectivity index (χ1n) is 9.18. The fourth-order valence-corrected chi connectivity index (χ4v) is 4.22. The van der Waals surface area contributed by atoms with Gasteiger partial charge >= 0.3 is 0 Å². The summed E-state index contributed by atoms with van der Waals surface area (Å²) in [5, 5.41) is 12.4. The lowest BCUT2D eigenvalue weighted by atomic mass is 9.95. The normalized spacial score (nSPS) is 16.5. The quantitative estimate of drug-likeness (QED) is 0.602. The van der Waals surface area contributed by atoms with E-state index in [0.29, 0.717) is 11.3 Å². The van der Waals surface area contributed by atoms with E-state index in [1.54, 1.807) is 29.6 Å². The minimum atomic E-state index is -0.668. The SMILES string of the molecule is O=C(C1=C(O)C(=O)N(CCc2ccc(F)cc2)C1c1ccccc1)c1cccs1. The number of carbonyl (C=O) groups is 2. The zero-order valence-corrected chi connectivity index (χ0v) is 16.2. The first-order valence-corrected chi connectivity index (χ1v) is 10.1. The molecule has 1 atom stereocenters. The van der Waals surface area contributed by atoms with E-state index in [0.717, 1.165) is 11.1 Å². The van der Waals surface area contributed by atoms with Gasteiger partial charge in [0.1, 0.15) is 5.82 Å². The third-order valence-electron chi connectivity index (χ3n) is 4.96. The van der Waals surface area contributed by atoms with Crippen molar-refractivity contribution in [1.29, 1.82) is 0 Å². The number of benzene rings is 2. The van der Waals surface area contributed by atoms with Gasteiger partial charge < -0.3 is 10.0 Å². The minimum absolute atomic E-state index is 0.0998. The van der Waals surface area contributed by atoms with Crippen LogP contribution in [0.25, 0.3) is 0 Å². The van der Waals surface area contributed by atoms with E-state index >= 15 is 0 Å². The van der Waals surface area contributed by atoms with Crippen molar-refractivity contribution in [3.63, 3.8) is 0 Å². The Morgan fingerprint density at radius 1 is 1.03 bits per heavy atom. The van der Waals surface area contributed by atoms with Crippen molar-refractivity contribution in [2.45, 2.75) is 12.5 Å². The van der Waals surface area contributed by atoms with Crippen LogP contribution in [-0.2, 0) is 11.2 Å². The van der Waals surface area contributed by atoms with Crippen molar-refractivity contribution in [1.82, 2.24) is 4.90 Å². The molecule has 2 aromatic carbocycles. The molecule has 1 aromatic heterocycles. The maximum Gasteiger partial charge on any atom is 0.290 e. The van der Waals surface area contributed by atoms with Crippen LogP contribution in [0, 0.1) is 5.82 Å². The summed E-state index contributed by atoms with van der Waals surface area (Å²) in [5.74, 6) is -1.74. The van der Waals surface area contributed by atoms with E-state index in [9.17, 15) is 19.1 Å². The fraction of sp³-hybridized carbons (Fsp3) is 0.130. The topological polar surface area (TPSA) is 57.6 Å². The Labute approximate surface area is 171 Å². The zero-order valence-electron chi connectivity index (χ0n) is 15.4. The van der Waals surface area contributed by atoms with Crippen LogP contribution in [0.5, 0.6) is 0 Å². The number of amides is 1. The smallest absolute Gasteiger partial charge is 0.290 e. The van der Waals surface area contributed by atoms with Gasteiger partial charge in [0.05, 0.1) is 16.5 Å². The van der Waals surface area contributed by atoms with E-state index in [1.807, 2.05) is 30.3 Å². The highest BCUT2D eigenvalue weighted by molar-refractivity contribution is 7.12. The Kier molecular flexibility index (Phi) is 5.27. The number of aliphatic hydroxyl groups excluding tert-OH is 1. The van der Waals surface area contributed by atoms with Crippen LogP contribution in [0.15, 0.2) is 83.4 Å². The van der Waals surface area contributed by atoms with Crippen LogP contribution in [0.3, 0.4) is 0 Å². The largest absolute Gasteiger partial charge is 0.503 e. The van der Waals surface area contributed by atoms with Gasteiger partial charge in [0, 0.05) is 6.54 Å². The molecule has 0 bridgehead atoms. The highest BCUT2D eigenvalue weighted by Crippen LogP contribution is 2.39. The van der Waals surface area contributed by atoms with Gasteiger partial charge in [-0.25, -0.2) is 4.39 Å². The number of ketones is 1. The summed E-state index contributed by atoms with van der Waals surface area (Å²) in [4.78, 5) is 27.9. The number of hydrogen-bond donors (Lipinski definition) is 1. The van der Waals surface area contributed by atoms with Gasteiger partial charge in [0.25, 0.3) is 5.91 Å². The van der Waals surface area contributed by atoms with Crippen molar-refractivity contribution in [3.8, 4) is 0 Å². The third kappa shape index (κ3) is 3.71. The molecule has 1 amide bonds. The molecule has 4 rings (SSSR count). The van der Waals surface area contributed by atoms with E-state index in [-0.39, 0.29) is 23.7 Å². The summed E-state index contributed by atoms with van der Waals surface area (Å²) < 4.78 is 13.2. The molecule has 0 saturated carbocycles. The molecule has 3 aromatic rings. The van der Waals surface area contributed by atoms with Crippen molar-refractivity contribution >= 4 is 23.0 Å². The van der Waals surface area contributed by atoms with E-state index in [1.165, 1.54) is 28.4 Å². The average Bonchev–Trinajstić information content (AvgIpc) is 3.36. The van der Waals surface area contributed by atoms with Gasteiger partial charge in [-0.05, 0) is 41.1 Å². The molecule has 4 nitrogen and oxygen atoms in total. The molecule has 1 aliphatic rings. The van der Waals surface area contributed by atoms with Gasteiger partial charge in [-0.2, -0.15) is 0 Å². The molecule has 2 heterocycles.